The summed E-state index contributed by atoms with van der Waals surface area (Å²) in [7, 11) is 0. The van der Waals surface area contributed by atoms with Gasteiger partial charge in [0.25, 0.3) is 0 Å². The minimum Gasteiger partial charge on any atom is -0.279 e. The van der Waals surface area contributed by atoms with Crippen LogP contribution in [0.2, 0.25) is 0 Å². The molecule has 1 heterocycles. The second-order valence-electron chi connectivity index (χ2n) is 1.45. The fourth-order valence-electron chi connectivity index (χ4n) is 0.386. The van der Waals surface area contributed by atoms with Gasteiger partial charge in [0.15, 0.2) is 10.4 Å². The number of aryl methyl sites for hydroxylation is 1. The van der Waals surface area contributed by atoms with Crippen LogP contribution < -0.4 is 0 Å². The third-order valence-corrected chi connectivity index (χ3v) is 1.36. The summed E-state index contributed by atoms with van der Waals surface area (Å²) in [5.74, 6) is -0.315. The van der Waals surface area contributed by atoms with Crippen LogP contribution in [0, 0.1) is 12.7 Å². The van der Waals surface area contributed by atoms with Crippen LogP contribution in [0.15, 0.2) is 4.60 Å². The SMILES string of the molecule is Cc1[nH]nc(Br)c1F. The van der Waals surface area contributed by atoms with Gasteiger partial charge in [0.2, 0.25) is 0 Å². The van der Waals surface area contributed by atoms with Gasteiger partial charge in [-0.05, 0) is 22.9 Å². The van der Waals surface area contributed by atoms with E-state index < -0.39 is 0 Å². The molecule has 0 aliphatic rings. The predicted molar refractivity (Wildman–Crippen MR) is 31.0 cm³/mol. The Labute approximate surface area is 54.2 Å². The second kappa shape index (κ2) is 1.85. The molecule has 0 aromatic carbocycles. The van der Waals surface area contributed by atoms with Crippen molar-refractivity contribution in [1.29, 1.82) is 0 Å². The number of aromatic nitrogens is 2. The van der Waals surface area contributed by atoms with Gasteiger partial charge < -0.3 is 0 Å². The summed E-state index contributed by atoms with van der Waals surface area (Å²) >= 11 is 2.90. The van der Waals surface area contributed by atoms with Crippen LogP contribution >= 0.6 is 15.9 Å². The highest BCUT2D eigenvalue weighted by Gasteiger charge is 2.03. The molecule has 1 rings (SSSR count). The minimum absolute atomic E-state index is 0.245. The third-order valence-electron chi connectivity index (χ3n) is 0.832. The van der Waals surface area contributed by atoms with Crippen molar-refractivity contribution < 1.29 is 4.39 Å². The van der Waals surface area contributed by atoms with Crippen molar-refractivity contribution in [2.45, 2.75) is 6.92 Å². The van der Waals surface area contributed by atoms with E-state index >= 15 is 0 Å². The Balaban J connectivity index is 3.19. The van der Waals surface area contributed by atoms with Crippen molar-refractivity contribution in [2.75, 3.05) is 0 Å². The maximum atomic E-state index is 12.4. The molecule has 8 heavy (non-hydrogen) atoms. The van der Waals surface area contributed by atoms with Crippen LogP contribution in [-0.4, -0.2) is 10.2 Å². The average molecular weight is 179 g/mol. The monoisotopic (exact) mass is 178 g/mol. The third kappa shape index (κ3) is 0.753. The van der Waals surface area contributed by atoms with Crippen molar-refractivity contribution in [2.24, 2.45) is 0 Å². The Hall–Kier alpha value is -0.380. The first-order valence-corrected chi connectivity index (χ1v) is 2.87. The predicted octanol–water partition coefficient (Wildman–Crippen LogP) is 1.62. The number of nitrogens with one attached hydrogen (secondary N) is 1. The van der Waals surface area contributed by atoms with Gasteiger partial charge in [-0.1, -0.05) is 0 Å². The lowest BCUT2D eigenvalue weighted by molar-refractivity contribution is 0.613. The van der Waals surface area contributed by atoms with E-state index in [1.807, 2.05) is 0 Å². The summed E-state index contributed by atoms with van der Waals surface area (Å²) in [5, 5.41) is 6.00. The van der Waals surface area contributed by atoms with E-state index in [0.717, 1.165) is 0 Å². The molecule has 0 fully saturated rings. The van der Waals surface area contributed by atoms with Gasteiger partial charge in [-0.2, -0.15) is 5.10 Å². The average Bonchev–Trinajstić information content (AvgIpc) is 1.98. The summed E-state index contributed by atoms with van der Waals surface area (Å²) < 4.78 is 12.6. The van der Waals surface area contributed by atoms with Crippen LogP contribution in [-0.2, 0) is 0 Å². The summed E-state index contributed by atoms with van der Waals surface area (Å²) in [6, 6.07) is 0. The van der Waals surface area contributed by atoms with Gasteiger partial charge in [0.05, 0.1) is 5.69 Å². The number of rotatable bonds is 0. The molecule has 1 N–H and O–H groups in total. The van der Waals surface area contributed by atoms with Gasteiger partial charge in [0, 0.05) is 0 Å². The highest BCUT2D eigenvalue weighted by Crippen LogP contribution is 2.12. The van der Waals surface area contributed by atoms with Crippen molar-refractivity contribution in [3.05, 3.63) is 16.1 Å². The molecule has 0 aliphatic heterocycles. The first kappa shape index (κ1) is 5.75. The smallest absolute Gasteiger partial charge is 0.178 e. The standard InChI is InChI=1S/C4H4BrFN2/c1-2-3(6)4(5)8-7-2/h1H3,(H,7,8). The topological polar surface area (TPSA) is 28.7 Å². The number of aromatic amines is 1. The Bertz CT molecular complexity index is 176. The molecule has 0 unspecified atom stereocenters. The Kier molecular flexibility index (Phi) is 1.33. The molecule has 0 amide bonds. The molecule has 1 aromatic rings. The van der Waals surface area contributed by atoms with E-state index in [9.17, 15) is 4.39 Å². The van der Waals surface area contributed by atoms with E-state index in [-0.39, 0.29) is 10.4 Å². The fraction of sp³-hybridized carbons (Fsp3) is 0.250. The molecule has 0 aliphatic carbocycles. The highest BCUT2D eigenvalue weighted by atomic mass is 79.9. The normalized spacial score (nSPS) is 9.88. The van der Waals surface area contributed by atoms with Gasteiger partial charge in [-0.3, -0.25) is 5.10 Å². The van der Waals surface area contributed by atoms with Gasteiger partial charge in [0.1, 0.15) is 0 Å². The molecule has 0 spiro atoms. The maximum absolute atomic E-state index is 12.4. The summed E-state index contributed by atoms with van der Waals surface area (Å²) in [6.07, 6.45) is 0. The molecule has 2 nitrogen and oxygen atoms in total. The lowest BCUT2D eigenvalue weighted by Gasteiger charge is -1.77. The van der Waals surface area contributed by atoms with Crippen LogP contribution in [0.1, 0.15) is 5.69 Å². The van der Waals surface area contributed by atoms with Crippen molar-refractivity contribution >= 4 is 15.9 Å². The van der Waals surface area contributed by atoms with Gasteiger partial charge in [-0.15, -0.1) is 0 Å². The van der Waals surface area contributed by atoms with E-state index in [2.05, 4.69) is 26.1 Å². The Morgan fingerprint density at radius 2 is 2.38 bits per heavy atom. The first-order valence-electron chi connectivity index (χ1n) is 2.08. The number of nitrogens with zero attached hydrogens (tertiary/aromatic N) is 1. The zero-order valence-electron chi connectivity index (χ0n) is 4.20. The molecule has 4 heteroatoms. The fourth-order valence-corrected chi connectivity index (χ4v) is 0.772. The van der Waals surface area contributed by atoms with Gasteiger partial charge in [-0.25, -0.2) is 4.39 Å². The van der Waals surface area contributed by atoms with Gasteiger partial charge >= 0.3 is 0 Å². The summed E-state index contributed by atoms with van der Waals surface area (Å²) in [6.45, 7) is 1.62. The molecule has 0 atom stereocenters. The quantitative estimate of drug-likeness (QED) is 0.643. The number of hydrogen-bond acceptors (Lipinski definition) is 1. The minimum atomic E-state index is -0.315. The first-order chi connectivity index (χ1) is 3.72. The van der Waals surface area contributed by atoms with E-state index in [1.54, 1.807) is 6.92 Å². The largest absolute Gasteiger partial charge is 0.279 e. The molecular weight excluding hydrogens is 175 g/mol. The lowest BCUT2D eigenvalue weighted by Crippen LogP contribution is -1.72. The molecule has 44 valence electrons. The maximum Gasteiger partial charge on any atom is 0.178 e. The van der Waals surface area contributed by atoms with Crippen LogP contribution in [0.3, 0.4) is 0 Å². The van der Waals surface area contributed by atoms with E-state index in [0.29, 0.717) is 5.69 Å². The number of H-pyrrole nitrogens is 1. The summed E-state index contributed by atoms with van der Waals surface area (Å²) in [4.78, 5) is 0. The zero-order valence-corrected chi connectivity index (χ0v) is 5.79. The van der Waals surface area contributed by atoms with E-state index in [1.165, 1.54) is 0 Å². The van der Waals surface area contributed by atoms with E-state index in [4.69, 9.17) is 0 Å². The highest BCUT2D eigenvalue weighted by molar-refractivity contribution is 9.10. The lowest BCUT2D eigenvalue weighted by atomic mass is 10.5. The molecule has 0 radical (unpaired) electrons. The Morgan fingerprint density at radius 1 is 1.75 bits per heavy atom. The summed E-state index contributed by atoms with van der Waals surface area (Å²) in [5.41, 5.74) is 0.455. The molecule has 0 bridgehead atoms. The van der Waals surface area contributed by atoms with Crippen molar-refractivity contribution in [3.8, 4) is 0 Å². The molecular formula is C4H4BrFN2. The number of hydrogen-bond donors (Lipinski definition) is 1. The van der Waals surface area contributed by atoms with Crippen molar-refractivity contribution in [3.63, 3.8) is 0 Å². The number of halogens is 2. The molecule has 1 aromatic heterocycles. The second-order valence-corrected chi connectivity index (χ2v) is 2.20. The van der Waals surface area contributed by atoms with Crippen LogP contribution in [0.25, 0.3) is 0 Å². The van der Waals surface area contributed by atoms with Crippen molar-refractivity contribution in [1.82, 2.24) is 10.2 Å². The van der Waals surface area contributed by atoms with Crippen LogP contribution in [0.5, 0.6) is 0 Å². The van der Waals surface area contributed by atoms with Crippen LogP contribution in [0.4, 0.5) is 4.39 Å². The molecule has 0 saturated heterocycles. The zero-order chi connectivity index (χ0) is 6.15. The Morgan fingerprint density at radius 3 is 2.50 bits per heavy atom. The molecule has 0 saturated carbocycles.